The van der Waals surface area contributed by atoms with Crippen LogP contribution in [0.5, 0.6) is 5.75 Å². The zero-order valence-corrected chi connectivity index (χ0v) is 18.4. The number of phenolic OH excluding ortho intramolecular Hbond substituents is 1. The molecule has 0 aliphatic carbocycles. The first-order chi connectivity index (χ1) is 11.9. The predicted molar refractivity (Wildman–Crippen MR) is 116 cm³/mol. The fourth-order valence-electron chi connectivity index (χ4n) is 2.95. The Labute approximate surface area is 166 Å². The molecule has 1 fully saturated rings. The minimum absolute atomic E-state index is 0.0236. The summed E-state index contributed by atoms with van der Waals surface area (Å²) >= 11 is 6.71. The average molecular weight is 392 g/mol. The largest absolute Gasteiger partial charge is 0.507 e. The number of carbonyl (C=O) groups excluding carboxylic acids is 1. The molecule has 1 N–H and O–H groups in total. The molecule has 0 unspecified atom stereocenters. The van der Waals surface area contributed by atoms with Crippen LogP contribution in [0, 0.1) is 0 Å². The Balaban J connectivity index is 2.57. The van der Waals surface area contributed by atoms with E-state index < -0.39 is 0 Å². The second kappa shape index (κ2) is 7.35. The molecule has 1 aromatic rings. The molecule has 1 aliphatic heterocycles. The van der Waals surface area contributed by atoms with Crippen molar-refractivity contribution in [2.24, 2.45) is 0 Å². The van der Waals surface area contributed by atoms with E-state index >= 15 is 0 Å². The number of thioether (sulfide) groups is 1. The zero-order valence-electron chi connectivity index (χ0n) is 16.8. The molecule has 142 valence electrons. The van der Waals surface area contributed by atoms with E-state index in [1.54, 1.807) is 4.90 Å². The van der Waals surface area contributed by atoms with Gasteiger partial charge in [0, 0.05) is 17.7 Å². The summed E-state index contributed by atoms with van der Waals surface area (Å²) in [5, 5.41) is 10.8. The van der Waals surface area contributed by atoms with Gasteiger partial charge in [0.1, 0.15) is 10.1 Å². The van der Waals surface area contributed by atoms with Gasteiger partial charge in [0.05, 0.1) is 4.91 Å². The number of amides is 1. The number of carbonyl (C=O) groups is 1. The van der Waals surface area contributed by atoms with Crippen LogP contribution in [0.25, 0.3) is 6.08 Å². The first kappa shape index (κ1) is 21.0. The minimum Gasteiger partial charge on any atom is -0.507 e. The van der Waals surface area contributed by atoms with E-state index in [-0.39, 0.29) is 16.7 Å². The Morgan fingerprint density at radius 1 is 1.12 bits per heavy atom. The molecule has 26 heavy (non-hydrogen) atoms. The number of hydrogen-bond donors (Lipinski definition) is 1. The van der Waals surface area contributed by atoms with Crippen LogP contribution >= 0.6 is 24.0 Å². The van der Waals surface area contributed by atoms with Crippen molar-refractivity contribution < 1.29 is 9.90 Å². The number of nitrogens with zero attached hydrogens (tertiary/aromatic N) is 1. The van der Waals surface area contributed by atoms with Gasteiger partial charge in [-0.1, -0.05) is 72.4 Å². The second-order valence-electron chi connectivity index (χ2n) is 8.80. The lowest BCUT2D eigenvalue weighted by molar-refractivity contribution is -0.122. The van der Waals surface area contributed by atoms with Gasteiger partial charge in [0.25, 0.3) is 5.91 Å². The third kappa shape index (κ3) is 4.32. The van der Waals surface area contributed by atoms with E-state index in [0.717, 1.165) is 23.1 Å². The van der Waals surface area contributed by atoms with E-state index in [2.05, 4.69) is 41.5 Å². The van der Waals surface area contributed by atoms with Crippen molar-refractivity contribution in [1.29, 1.82) is 0 Å². The fourth-order valence-corrected chi connectivity index (χ4v) is 4.26. The van der Waals surface area contributed by atoms with Crippen LogP contribution in [0.1, 0.15) is 71.6 Å². The first-order valence-corrected chi connectivity index (χ1v) is 10.2. The lowest BCUT2D eigenvalue weighted by atomic mass is 9.78. The Morgan fingerprint density at radius 3 is 2.04 bits per heavy atom. The van der Waals surface area contributed by atoms with E-state index in [0.29, 0.717) is 21.5 Å². The van der Waals surface area contributed by atoms with Crippen LogP contribution < -0.4 is 0 Å². The molecule has 0 atom stereocenters. The molecule has 1 saturated heterocycles. The molecule has 3 nitrogen and oxygen atoms in total. The lowest BCUT2D eigenvalue weighted by Crippen LogP contribution is -2.28. The summed E-state index contributed by atoms with van der Waals surface area (Å²) in [6.07, 6.45) is 2.78. The summed E-state index contributed by atoms with van der Waals surface area (Å²) in [6.45, 7) is 15.2. The lowest BCUT2D eigenvalue weighted by Gasteiger charge is -2.28. The molecule has 0 bridgehead atoms. The molecule has 0 saturated carbocycles. The van der Waals surface area contributed by atoms with Gasteiger partial charge >= 0.3 is 0 Å². The molecule has 1 aromatic carbocycles. The minimum atomic E-state index is -0.199. The molecule has 0 spiro atoms. The maximum absolute atomic E-state index is 12.6. The number of aromatic hydroxyl groups is 1. The summed E-state index contributed by atoms with van der Waals surface area (Å²) in [5.41, 5.74) is 2.30. The van der Waals surface area contributed by atoms with E-state index in [1.165, 1.54) is 11.8 Å². The quantitative estimate of drug-likeness (QED) is 0.538. The molecule has 5 heteroatoms. The number of phenols is 1. The molecule has 1 amide bonds. The Morgan fingerprint density at radius 2 is 1.62 bits per heavy atom. The predicted octanol–water partition coefficient (Wildman–Crippen LogP) is 5.60. The van der Waals surface area contributed by atoms with Crippen LogP contribution in [-0.2, 0) is 15.6 Å². The standard InChI is InChI=1S/C21H29NO2S2/c1-8-9-22-18(24)16(26-19(22)25)12-13-10-14(20(2,3)4)17(23)15(11-13)21(5,6)7/h10-12,23H,8-9H2,1-7H3/b16-12+. The smallest absolute Gasteiger partial charge is 0.266 e. The van der Waals surface area contributed by atoms with Crippen molar-refractivity contribution >= 4 is 40.3 Å². The van der Waals surface area contributed by atoms with Crippen LogP contribution in [-0.4, -0.2) is 26.8 Å². The number of thiocarbonyl (C=S) groups is 1. The third-order valence-corrected chi connectivity index (χ3v) is 5.74. The number of hydrogen-bond acceptors (Lipinski definition) is 4. The maximum atomic E-state index is 12.6. The topological polar surface area (TPSA) is 40.5 Å². The normalized spacial score (nSPS) is 17.5. The van der Waals surface area contributed by atoms with Gasteiger partial charge in [0.2, 0.25) is 0 Å². The molecule has 2 rings (SSSR count). The molecule has 0 aromatic heterocycles. The summed E-state index contributed by atoms with van der Waals surface area (Å²) in [7, 11) is 0. The van der Waals surface area contributed by atoms with Gasteiger partial charge < -0.3 is 5.11 Å². The summed E-state index contributed by atoms with van der Waals surface area (Å²) < 4.78 is 0.619. The Hall–Kier alpha value is -1.33. The van der Waals surface area contributed by atoms with Crippen LogP contribution in [0.4, 0.5) is 0 Å². The first-order valence-electron chi connectivity index (χ1n) is 8.99. The monoisotopic (exact) mass is 391 g/mol. The summed E-state index contributed by atoms with van der Waals surface area (Å²) in [6, 6.07) is 3.97. The highest BCUT2D eigenvalue weighted by Gasteiger charge is 2.32. The third-order valence-electron chi connectivity index (χ3n) is 4.37. The molecular weight excluding hydrogens is 362 g/mol. The highest BCUT2D eigenvalue weighted by atomic mass is 32.2. The molecule has 1 aliphatic rings. The van der Waals surface area contributed by atoms with E-state index in [1.807, 2.05) is 25.1 Å². The van der Waals surface area contributed by atoms with Gasteiger partial charge in [-0.3, -0.25) is 9.69 Å². The highest BCUT2D eigenvalue weighted by molar-refractivity contribution is 8.26. The van der Waals surface area contributed by atoms with Gasteiger partial charge in [0.15, 0.2) is 0 Å². The van der Waals surface area contributed by atoms with Crippen LogP contribution in [0.2, 0.25) is 0 Å². The summed E-state index contributed by atoms with van der Waals surface area (Å²) in [4.78, 5) is 15.0. The van der Waals surface area contributed by atoms with Gasteiger partial charge in [-0.2, -0.15) is 0 Å². The fraction of sp³-hybridized carbons (Fsp3) is 0.524. The zero-order chi connectivity index (χ0) is 19.9. The average Bonchev–Trinajstić information content (AvgIpc) is 2.74. The van der Waals surface area contributed by atoms with Crippen molar-refractivity contribution in [3.63, 3.8) is 0 Å². The van der Waals surface area contributed by atoms with E-state index in [9.17, 15) is 9.90 Å². The van der Waals surface area contributed by atoms with Crippen LogP contribution in [0.3, 0.4) is 0 Å². The van der Waals surface area contributed by atoms with Crippen molar-refractivity contribution in [3.05, 3.63) is 33.7 Å². The van der Waals surface area contributed by atoms with Crippen LogP contribution in [0.15, 0.2) is 17.0 Å². The highest BCUT2D eigenvalue weighted by Crippen LogP contribution is 2.41. The maximum Gasteiger partial charge on any atom is 0.266 e. The Bertz CT molecular complexity index is 732. The van der Waals surface area contributed by atoms with Crippen molar-refractivity contribution in [2.45, 2.75) is 65.7 Å². The Kier molecular flexibility index (Phi) is 5.93. The molecule has 1 heterocycles. The number of benzene rings is 1. The van der Waals surface area contributed by atoms with Crippen molar-refractivity contribution in [3.8, 4) is 5.75 Å². The number of rotatable bonds is 3. The van der Waals surface area contributed by atoms with Gasteiger partial charge in [-0.05, 0) is 41.0 Å². The van der Waals surface area contributed by atoms with E-state index in [4.69, 9.17) is 12.2 Å². The second-order valence-corrected chi connectivity index (χ2v) is 10.5. The SMILES string of the molecule is CCCN1C(=O)/C(=C\c2cc(C(C)(C)C)c(O)c(C(C)(C)C)c2)SC1=S. The van der Waals surface area contributed by atoms with Gasteiger partial charge in [-0.15, -0.1) is 0 Å². The van der Waals surface area contributed by atoms with Crippen molar-refractivity contribution in [1.82, 2.24) is 4.90 Å². The molecular formula is C21H29NO2S2. The molecule has 0 radical (unpaired) electrons. The summed E-state index contributed by atoms with van der Waals surface area (Å²) in [5.74, 6) is 0.324. The van der Waals surface area contributed by atoms with Gasteiger partial charge in [-0.25, -0.2) is 0 Å². The van der Waals surface area contributed by atoms with Crippen molar-refractivity contribution in [2.75, 3.05) is 6.54 Å².